The maximum Gasteiger partial charge on any atom is 0.276 e. The molecule has 138 valence electrons. The first-order valence-corrected chi connectivity index (χ1v) is 9.00. The van der Waals surface area contributed by atoms with Crippen LogP contribution in [0.5, 0.6) is 0 Å². The van der Waals surface area contributed by atoms with Crippen LogP contribution in [0.1, 0.15) is 16.2 Å². The third kappa shape index (κ3) is 3.61. The van der Waals surface area contributed by atoms with E-state index in [2.05, 4.69) is 25.1 Å². The smallest absolute Gasteiger partial charge is 0.276 e. The molecule has 1 aromatic carbocycles. The van der Waals surface area contributed by atoms with Crippen LogP contribution in [0, 0.1) is 6.92 Å². The van der Waals surface area contributed by atoms with E-state index in [4.69, 9.17) is 11.6 Å². The minimum Gasteiger partial charge on any atom is -0.352 e. The first-order chi connectivity index (χ1) is 13.1. The van der Waals surface area contributed by atoms with Gasteiger partial charge in [-0.25, -0.2) is 4.98 Å². The molecule has 3 heterocycles. The lowest BCUT2D eigenvalue weighted by molar-refractivity contribution is 0.0739. The number of nitrogens with zero attached hydrogens (tertiary/aromatic N) is 7. The van der Waals surface area contributed by atoms with Crippen LogP contribution in [0.15, 0.2) is 42.9 Å². The monoisotopic (exact) mass is 383 g/mol. The van der Waals surface area contributed by atoms with Crippen molar-refractivity contribution in [3.05, 3.63) is 59.3 Å². The number of halogens is 1. The highest BCUT2D eigenvalue weighted by molar-refractivity contribution is 6.30. The van der Waals surface area contributed by atoms with Gasteiger partial charge in [0, 0.05) is 43.6 Å². The minimum atomic E-state index is -0.112. The van der Waals surface area contributed by atoms with E-state index in [0.717, 1.165) is 11.5 Å². The van der Waals surface area contributed by atoms with E-state index in [-0.39, 0.29) is 5.91 Å². The Balaban J connectivity index is 1.48. The van der Waals surface area contributed by atoms with Crippen molar-refractivity contribution in [2.45, 2.75) is 6.92 Å². The Labute approximate surface area is 161 Å². The van der Waals surface area contributed by atoms with E-state index in [9.17, 15) is 4.79 Å². The van der Waals surface area contributed by atoms with Crippen molar-refractivity contribution < 1.29 is 4.79 Å². The fourth-order valence-corrected chi connectivity index (χ4v) is 3.22. The van der Waals surface area contributed by atoms with Crippen LogP contribution in [0.25, 0.3) is 5.69 Å². The molecule has 1 aliphatic heterocycles. The van der Waals surface area contributed by atoms with Crippen LogP contribution in [0.3, 0.4) is 0 Å². The summed E-state index contributed by atoms with van der Waals surface area (Å²) < 4.78 is 0. The average Bonchev–Trinajstić information content (AvgIpc) is 3.10. The lowest BCUT2D eigenvalue weighted by Gasteiger charge is -2.34. The van der Waals surface area contributed by atoms with Crippen molar-refractivity contribution in [1.29, 1.82) is 0 Å². The van der Waals surface area contributed by atoms with Crippen molar-refractivity contribution in [3.63, 3.8) is 0 Å². The van der Waals surface area contributed by atoms with Gasteiger partial charge in [0.25, 0.3) is 5.91 Å². The fraction of sp³-hybridized carbons (Fsp3) is 0.278. The molecule has 1 aliphatic rings. The van der Waals surface area contributed by atoms with E-state index < -0.39 is 0 Å². The Bertz CT molecular complexity index is 951. The van der Waals surface area contributed by atoms with E-state index in [1.807, 2.05) is 12.1 Å². The molecular formula is C18H18ClN7O. The molecule has 8 nitrogen and oxygen atoms in total. The van der Waals surface area contributed by atoms with E-state index in [1.54, 1.807) is 42.5 Å². The number of anilines is 1. The summed E-state index contributed by atoms with van der Waals surface area (Å²) in [5.41, 5.74) is 1.68. The number of hydrogen-bond donors (Lipinski definition) is 0. The van der Waals surface area contributed by atoms with E-state index in [0.29, 0.717) is 42.6 Å². The summed E-state index contributed by atoms with van der Waals surface area (Å²) in [6.07, 6.45) is 5.05. The molecule has 0 spiro atoms. The first-order valence-electron chi connectivity index (χ1n) is 8.62. The van der Waals surface area contributed by atoms with Gasteiger partial charge in [0.1, 0.15) is 5.82 Å². The molecule has 1 amide bonds. The molecule has 0 unspecified atom stereocenters. The summed E-state index contributed by atoms with van der Waals surface area (Å²) in [7, 11) is 0. The normalized spacial score (nSPS) is 14.4. The maximum absolute atomic E-state index is 12.9. The van der Waals surface area contributed by atoms with Gasteiger partial charge in [0.2, 0.25) is 0 Å². The van der Waals surface area contributed by atoms with Crippen LogP contribution in [-0.4, -0.2) is 61.9 Å². The first kappa shape index (κ1) is 17.4. The highest BCUT2D eigenvalue weighted by Crippen LogP contribution is 2.17. The molecule has 0 aliphatic carbocycles. The summed E-state index contributed by atoms with van der Waals surface area (Å²) in [4.78, 5) is 26.7. The van der Waals surface area contributed by atoms with Crippen LogP contribution >= 0.6 is 11.6 Å². The van der Waals surface area contributed by atoms with Gasteiger partial charge in [-0.3, -0.25) is 9.78 Å². The number of aryl methyl sites for hydroxylation is 1. The Kier molecular flexibility index (Phi) is 4.72. The summed E-state index contributed by atoms with van der Waals surface area (Å²) in [5, 5.41) is 9.36. The number of amides is 1. The zero-order chi connectivity index (χ0) is 18.8. The number of carbonyl (C=O) groups is 1. The summed E-state index contributed by atoms with van der Waals surface area (Å²) in [6, 6.07) is 7.21. The average molecular weight is 384 g/mol. The third-order valence-corrected chi connectivity index (χ3v) is 4.70. The topological polar surface area (TPSA) is 80.0 Å². The van der Waals surface area contributed by atoms with E-state index >= 15 is 0 Å². The zero-order valence-corrected chi connectivity index (χ0v) is 15.5. The van der Waals surface area contributed by atoms with Crippen LogP contribution < -0.4 is 4.90 Å². The molecule has 0 saturated carbocycles. The van der Waals surface area contributed by atoms with Crippen molar-refractivity contribution >= 4 is 23.3 Å². The predicted octanol–water partition coefficient (Wildman–Crippen LogP) is 1.98. The Morgan fingerprint density at radius 3 is 2.63 bits per heavy atom. The number of carbonyl (C=O) groups excluding carboxylic acids is 1. The van der Waals surface area contributed by atoms with Gasteiger partial charge in [-0.1, -0.05) is 17.7 Å². The molecule has 1 saturated heterocycles. The molecule has 0 radical (unpaired) electrons. The summed E-state index contributed by atoms with van der Waals surface area (Å²) in [6.45, 7) is 4.38. The van der Waals surface area contributed by atoms with Crippen molar-refractivity contribution in [2.75, 3.05) is 31.1 Å². The van der Waals surface area contributed by atoms with Crippen molar-refractivity contribution in [1.82, 2.24) is 29.9 Å². The molecule has 27 heavy (non-hydrogen) atoms. The number of piperazine rings is 1. The second-order valence-electron chi connectivity index (χ2n) is 6.25. The molecular weight excluding hydrogens is 366 g/mol. The van der Waals surface area contributed by atoms with Crippen LogP contribution in [-0.2, 0) is 0 Å². The number of benzene rings is 1. The highest BCUT2D eigenvalue weighted by Gasteiger charge is 2.26. The zero-order valence-electron chi connectivity index (χ0n) is 14.8. The molecule has 2 aromatic heterocycles. The maximum atomic E-state index is 12.9. The van der Waals surface area contributed by atoms with Gasteiger partial charge in [0.15, 0.2) is 5.69 Å². The van der Waals surface area contributed by atoms with Gasteiger partial charge < -0.3 is 9.80 Å². The van der Waals surface area contributed by atoms with Gasteiger partial charge >= 0.3 is 0 Å². The Morgan fingerprint density at radius 1 is 1.11 bits per heavy atom. The minimum absolute atomic E-state index is 0.112. The van der Waals surface area contributed by atoms with Crippen molar-refractivity contribution in [3.8, 4) is 5.69 Å². The SMILES string of the molecule is Cc1nn(-c2cccc(Cl)c2)nc1C(=O)N1CCN(c2cnccn2)CC1. The van der Waals surface area contributed by atoms with Crippen molar-refractivity contribution in [2.24, 2.45) is 0 Å². The van der Waals surface area contributed by atoms with Gasteiger partial charge in [-0.2, -0.15) is 9.90 Å². The summed E-state index contributed by atoms with van der Waals surface area (Å²) in [5.74, 6) is 0.715. The molecule has 1 fully saturated rings. The third-order valence-electron chi connectivity index (χ3n) is 4.46. The Morgan fingerprint density at radius 2 is 1.93 bits per heavy atom. The molecule has 3 aromatic rings. The highest BCUT2D eigenvalue weighted by atomic mass is 35.5. The quantitative estimate of drug-likeness (QED) is 0.688. The molecule has 4 rings (SSSR count). The van der Waals surface area contributed by atoms with Gasteiger partial charge in [-0.05, 0) is 25.1 Å². The predicted molar refractivity (Wildman–Crippen MR) is 101 cm³/mol. The Hall–Kier alpha value is -3.00. The summed E-state index contributed by atoms with van der Waals surface area (Å²) >= 11 is 6.03. The largest absolute Gasteiger partial charge is 0.352 e. The van der Waals surface area contributed by atoms with Gasteiger partial charge in [0.05, 0.1) is 17.6 Å². The second kappa shape index (κ2) is 7.32. The number of aromatic nitrogens is 5. The van der Waals surface area contributed by atoms with Crippen LogP contribution in [0.4, 0.5) is 5.82 Å². The second-order valence-corrected chi connectivity index (χ2v) is 6.68. The number of hydrogen-bond acceptors (Lipinski definition) is 6. The van der Waals surface area contributed by atoms with Gasteiger partial charge in [-0.15, -0.1) is 5.10 Å². The lowest BCUT2D eigenvalue weighted by atomic mass is 10.2. The van der Waals surface area contributed by atoms with Crippen LogP contribution in [0.2, 0.25) is 5.02 Å². The molecule has 9 heteroatoms. The molecule has 0 atom stereocenters. The lowest BCUT2D eigenvalue weighted by Crippen LogP contribution is -2.49. The molecule has 0 bridgehead atoms. The standard InChI is InChI=1S/C18H18ClN7O/c1-13-17(23-26(22-13)15-4-2-3-14(19)11-15)18(27)25-9-7-24(8-10-25)16-12-20-5-6-21-16/h2-6,11-12H,7-10H2,1H3. The van der Waals surface area contributed by atoms with E-state index in [1.165, 1.54) is 4.80 Å². The number of rotatable bonds is 3. The fourth-order valence-electron chi connectivity index (χ4n) is 3.04. The molecule has 0 N–H and O–H groups in total.